The van der Waals surface area contributed by atoms with E-state index in [-0.39, 0.29) is 24.6 Å². The molecule has 27 heavy (non-hydrogen) atoms. The van der Waals surface area contributed by atoms with Gasteiger partial charge in [0, 0.05) is 30.4 Å². The van der Waals surface area contributed by atoms with Crippen LogP contribution in [0.1, 0.15) is 22.5 Å². The Bertz CT molecular complexity index is 860. The molecule has 0 fully saturated rings. The molecule has 0 saturated carbocycles. The number of rotatable bonds is 8. The molecule has 0 spiro atoms. The van der Waals surface area contributed by atoms with Gasteiger partial charge in [-0.15, -0.1) is 0 Å². The minimum absolute atomic E-state index is 0.0687. The smallest absolute Gasteiger partial charge is 0.276 e. The van der Waals surface area contributed by atoms with Gasteiger partial charge in [-0.25, -0.2) is 0 Å². The quantitative estimate of drug-likeness (QED) is 0.556. The molecule has 9 heteroatoms. The summed E-state index contributed by atoms with van der Waals surface area (Å²) in [5, 5.41) is 18.4. The van der Waals surface area contributed by atoms with Crippen LogP contribution < -0.4 is 14.8 Å². The van der Waals surface area contributed by atoms with Gasteiger partial charge >= 0.3 is 0 Å². The molecule has 0 saturated heterocycles. The maximum absolute atomic E-state index is 12.2. The zero-order valence-electron chi connectivity index (χ0n) is 16.2. The van der Waals surface area contributed by atoms with Crippen LogP contribution in [0.2, 0.25) is 0 Å². The van der Waals surface area contributed by atoms with E-state index < -0.39 is 4.92 Å². The molecule has 0 aliphatic heterocycles. The Hall–Kier alpha value is -3.10. The molecular formula is C18H24N4O5. The van der Waals surface area contributed by atoms with E-state index in [1.807, 2.05) is 20.9 Å². The number of aromatic nitrogens is 2. The van der Waals surface area contributed by atoms with Crippen molar-refractivity contribution in [2.75, 3.05) is 20.8 Å². The van der Waals surface area contributed by atoms with Gasteiger partial charge in [-0.3, -0.25) is 19.6 Å². The van der Waals surface area contributed by atoms with E-state index in [1.165, 1.54) is 20.3 Å². The minimum atomic E-state index is -0.471. The molecule has 1 N–H and O–H groups in total. The van der Waals surface area contributed by atoms with Gasteiger partial charge in [-0.1, -0.05) is 0 Å². The highest BCUT2D eigenvalue weighted by atomic mass is 16.6. The number of carbonyl (C=O) groups excluding carboxylic acids is 1. The van der Waals surface area contributed by atoms with Crippen molar-refractivity contribution in [1.82, 2.24) is 15.1 Å². The average Bonchev–Trinajstić information content (AvgIpc) is 2.87. The molecule has 1 amide bonds. The van der Waals surface area contributed by atoms with Crippen LogP contribution in [-0.4, -0.2) is 41.4 Å². The van der Waals surface area contributed by atoms with Crippen molar-refractivity contribution < 1.29 is 19.2 Å². The monoisotopic (exact) mass is 376 g/mol. The Kier molecular flexibility index (Phi) is 6.38. The zero-order chi connectivity index (χ0) is 20.1. The number of aryl methyl sites for hydroxylation is 2. The van der Waals surface area contributed by atoms with Crippen molar-refractivity contribution in [1.29, 1.82) is 0 Å². The molecule has 1 aromatic carbocycles. The van der Waals surface area contributed by atoms with E-state index in [2.05, 4.69) is 10.4 Å². The van der Waals surface area contributed by atoms with Gasteiger partial charge in [0.2, 0.25) is 5.91 Å². The van der Waals surface area contributed by atoms with Crippen LogP contribution in [0.3, 0.4) is 0 Å². The molecule has 0 aliphatic rings. The first-order valence-electron chi connectivity index (χ1n) is 8.43. The lowest BCUT2D eigenvalue weighted by molar-refractivity contribution is -0.385. The summed E-state index contributed by atoms with van der Waals surface area (Å²) in [6.07, 6.45) is 0.521. The third kappa shape index (κ3) is 4.55. The van der Waals surface area contributed by atoms with Gasteiger partial charge in [-0.05, 0) is 26.3 Å². The highest BCUT2D eigenvalue weighted by Gasteiger charge is 2.19. The standard InChI is InChI=1S/C18H24N4O5/c1-11-14(12(2)21(3)20-11)9-18(23)19-7-6-13-8-16(26-4)17(27-5)10-15(13)22(24)25/h8,10H,6-7,9H2,1-5H3,(H,19,23). The number of hydrogen-bond donors (Lipinski definition) is 1. The molecule has 0 aliphatic carbocycles. The van der Waals surface area contributed by atoms with Gasteiger partial charge in [0.25, 0.3) is 5.69 Å². The lowest BCUT2D eigenvalue weighted by Gasteiger charge is -2.11. The third-order valence-electron chi connectivity index (χ3n) is 4.49. The van der Waals surface area contributed by atoms with E-state index in [4.69, 9.17) is 9.47 Å². The van der Waals surface area contributed by atoms with Crippen molar-refractivity contribution in [2.24, 2.45) is 7.05 Å². The number of carbonyl (C=O) groups is 1. The van der Waals surface area contributed by atoms with Crippen molar-refractivity contribution >= 4 is 11.6 Å². The second-order valence-corrected chi connectivity index (χ2v) is 6.14. The van der Waals surface area contributed by atoms with E-state index in [1.54, 1.807) is 10.7 Å². The SMILES string of the molecule is COc1cc(CCNC(=O)Cc2c(C)nn(C)c2C)c([N+](=O)[O-])cc1OC. The van der Waals surface area contributed by atoms with E-state index >= 15 is 0 Å². The maximum atomic E-state index is 12.2. The number of ether oxygens (including phenoxy) is 2. The molecule has 1 heterocycles. The molecule has 1 aromatic heterocycles. The predicted octanol–water partition coefficient (Wildman–Crippen LogP) is 1.86. The van der Waals surface area contributed by atoms with Crippen LogP contribution in [0, 0.1) is 24.0 Å². The Labute approximate surface area is 157 Å². The van der Waals surface area contributed by atoms with Crippen molar-refractivity contribution in [2.45, 2.75) is 26.7 Å². The van der Waals surface area contributed by atoms with E-state index in [0.717, 1.165) is 17.0 Å². The first kappa shape index (κ1) is 20.2. The van der Waals surface area contributed by atoms with Crippen molar-refractivity contribution in [3.63, 3.8) is 0 Å². The van der Waals surface area contributed by atoms with Crippen LogP contribution >= 0.6 is 0 Å². The number of hydrogen-bond acceptors (Lipinski definition) is 6. The zero-order valence-corrected chi connectivity index (χ0v) is 16.2. The highest BCUT2D eigenvalue weighted by Crippen LogP contribution is 2.34. The summed E-state index contributed by atoms with van der Waals surface area (Å²) < 4.78 is 12.1. The molecule has 146 valence electrons. The fourth-order valence-corrected chi connectivity index (χ4v) is 2.91. The third-order valence-corrected chi connectivity index (χ3v) is 4.49. The largest absolute Gasteiger partial charge is 0.493 e. The van der Waals surface area contributed by atoms with Crippen LogP contribution in [0.5, 0.6) is 11.5 Å². The minimum Gasteiger partial charge on any atom is -0.493 e. The molecule has 9 nitrogen and oxygen atoms in total. The highest BCUT2D eigenvalue weighted by molar-refractivity contribution is 5.79. The molecule has 2 aromatic rings. The topological polar surface area (TPSA) is 109 Å². The second-order valence-electron chi connectivity index (χ2n) is 6.14. The Morgan fingerprint density at radius 3 is 2.41 bits per heavy atom. The first-order valence-corrected chi connectivity index (χ1v) is 8.43. The second kappa shape index (κ2) is 8.52. The fraction of sp³-hybridized carbons (Fsp3) is 0.444. The number of methoxy groups -OCH3 is 2. The van der Waals surface area contributed by atoms with Crippen LogP contribution in [0.4, 0.5) is 5.69 Å². The number of nitro groups is 1. The number of amides is 1. The summed E-state index contributed by atoms with van der Waals surface area (Å²) >= 11 is 0. The predicted molar refractivity (Wildman–Crippen MR) is 99.3 cm³/mol. The first-order chi connectivity index (χ1) is 12.8. The molecule has 0 radical (unpaired) electrons. The molecule has 0 atom stereocenters. The molecule has 2 rings (SSSR count). The van der Waals surface area contributed by atoms with E-state index in [9.17, 15) is 14.9 Å². The van der Waals surface area contributed by atoms with Gasteiger partial charge in [-0.2, -0.15) is 5.10 Å². The molecular weight excluding hydrogens is 352 g/mol. The Morgan fingerprint density at radius 1 is 1.26 bits per heavy atom. The summed E-state index contributed by atoms with van der Waals surface area (Å²) in [4.78, 5) is 23.1. The van der Waals surface area contributed by atoms with Gasteiger partial charge in [0.15, 0.2) is 11.5 Å². The fourth-order valence-electron chi connectivity index (χ4n) is 2.91. The average molecular weight is 376 g/mol. The van der Waals surface area contributed by atoms with Crippen LogP contribution in [0.25, 0.3) is 0 Å². The Balaban J connectivity index is 2.05. The van der Waals surface area contributed by atoms with E-state index in [0.29, 0.717) is 23.5 Å². The van der Waals surface area contributed by atoms with Gasteiger partial charge in [0.05, 0.1) is 37.3 Å². The normalized spacial score (nSPS) is 10.6. The number of benzene rings is 1. The lowest BCUT2D eigenvalue weighted by atomic mass is 10.1. The number of nitrogens with zero attached hydrogens (tertiary/aromatic N) is 3. The number of nitro benzene ring substituents is 1. The summed E-state index contributed by atoms with van der Waals surface area (Å²) in [5.41, 5.74) is 3.05. The van der Waals surface area contributed by atoms with Crippen molar-refractivity contribution in [3.8, 4) is 11.5 Å². The summed E-state index contributed by atoms with van der Waals surface area (Å²) in [5.74, 6) is 0.544. The summed E-state index contributed by atoms with van der Waals surface area (Å²) in [6.45, 7) is 4.05. The Morgan fingerprint density at radius 2 is 1.89 bits per heavy atom. The van der Waals surface area contributed by atoms with Crippen LogP contribution in [0.15, 0.2) is 12.1 Å². The molecule has 0 unspecified atom stereocenters. The van der Waals surface area contributed by atoms with Crippen molar-refractivity contribution in [3.05, 3.63) is 44.8 Å². The summed E-state index contributed by atoms with van der Waals surface area (Å²) in [7, 11) is 4.72. The van der Waals surface area contributed by atoms with Gasteiger partial charge in [0.1, 0.15) is 0 Å². The molecule has 0 bridgehead atoms. The summed E-state index contributed by atoms with van der Waals surface area (Å²) in [6, 6.07) is 2.90. The van der Waals surface area contributed by atoms with Crippen LogP contribution in [-0.2, 0) is 24.7 Å². The maximum Gasteiger partial charge on any atom is 0.276 e. The number of nitrogens with one attached hydrogen (secondary N) is 1. The lowest BCUT2D eigenvalue weighted by Crippen LogP contribution is -2.27. The van der Waals surface area contributed by atoms with Gasteiger partial charge < -0.3 is 14.8 Å².